The second kappa shape index (κ2) is 8.07. The normalized spacial score (nSPS) is 17.6. The van der Waals surface area contributed by atoms with E-state index < -0.39 is 0 Å². The molecule has 3 rings (SSSR count). The van der Waals surface area contributed by atoms with Crippen LogP contribution in [0.15, 0.2) is 36.7 Å². The average Bonchev–Trinajstić information content (AvgIpc) is 2.68. The molecule has 1 fully saturated rings. The number of nitrogens with one attached hydrogen (secondary N) is 1. The van der Waals surface area contributed by atoms with Gasteiger partial charge in [-0.2, -0.15) is 0 Å². The van der Waals surface area contributed by atoms with Crippen LogP contribution in [0.2, 0.25) is 0 Å². The first-order valence-electron chi connectivity index (χ1n) is 9.89. The van der Waals surface area contributed by atoms with E-state index >= 15 is 0 Å². The highest BCUT2D eigenvalue weighted by Crippen LogP contribution is 2.25. The highest BCUT2D eigenvalue weighted by Gasteiger charge is 2.26. The van der Waals surface area contributed by atoms with Crippen molar-refractivity contribution in [2.24, 2.45) is 0 Å². The number of hydrogen-bond acceptors (Lipinski definition) is 4. The first kappa shape index (κ1) is 19.3. The number of aromatic nitrogens is 2. The molecule has 1 aliphatic heterocycles. The zero-order valence-corrected chi connectivity index (χ0v) is 16.8. The SMILES string of the molecule is CCC1CCCCN1C(=O)c1cnc(Nc2ccc(C(C)(C)C)cc2)nc1. The van der Waals surface area contributed by atoms with Crippen molar-refractivity contribution in [2.75, 3.05) is 11.9 Å². The topological polar surface area (TPSA) is 58.1 Å². The van der Waals surface area contributed by atoms with Crippen molar-refractivity contribution in [1.82, 2.24) is 14.9 Å². The summed E-state index contributed by atoms with van der Waals surface area (Å²) < 4.78 is 0. The van der Waals surface area contributed by atoms with E-state index in [0.717, 1.165) is 31.5 Å². The number of carbonyl (C=O) groups excluding carboxylic acids is 1. The molecule has 1 atom stereocenters. The van der Waals surface area contributed by atoms with E-state index in [2.05, 4.69) is 55.1 Å². The summed E-state index contributed by atoms with van der Waals surface area (Å²) >= 11 is 0. The van der Waals surface area contributed by atoms with Crippen LogP contribution >= 0.6 is 0 Å². The Morgan fingerprint density at radius 2 is 1.81 bits per heavy atom. The molecule has 1 aliphatic rings. The Labute approximate surface area is 162 Å². The lowest BCUT2D eigenvalue weighted by Gasteiger charge is -2.35. The van der Waals surface area contributed by atoms with Gasteiger partial charge in [0.2, 0.25) is 5.95 Å². The van der Waals surface area contributed by atoms with E-state index in [0.29, 0.717) is 17.6 Å². The molecule has 2 heterocycles. The van der Waals surface area contributed by atoms with Crippen LogP contribution in [0.1, 0.15) is 69.3 Å². The van der Waals surface area contributed by atoms with Gasteiger partial charge in [0, 0.05) is 30.7 Å². The highest BCUT2D eigenvalue weighted by molar-refractivity contribution is 5.94. The van der Waals surface area contributed by atoms with Crippen molar-refractivity contribution in [3.05, 3.63) is 47.8 Å². The van der Waals surface area contributed by atoms with Gasteiger partial charge in [-0.3, -0.25) is 4.79 Å². The second-order valence-electron chi connectivity index (χ2n) is 8.30. The van der Waals surface area contributed by atoms with E-state index in [4.69, 9.17) is 0 Å². The predicted molar refractivity (Wildman–Crippen MR) is 109 cm³/mol. The number of likely N-dealkylation sites (tertiary alicyclic amines) is 1. The summed E-state index contributed by atoms with van der Waals surface area (Å²) in [4.78, 5) is 23.5. The Balaban J connectivity index is 1.67. The van der Waals surface area contributed by atoms with E-state index in [1.165, 1.54) is 12.0 Å². The molecule has 5 nitrogen and oxygen atoms in total. The molecule has 0 radical (unpaired) electrons. The Bertz CT molecular complexity index is 762. The number of nitrogens with zero attached hydrogens (tertiary/aromatic N) is 3. The van der Waals surface area contributed by atoms with Crippen LogP contribution in [0.4, 0.5) is 11.6 Å². The summed E-state index contributed by atoms with van der Waals surface area (Å²) in [6.07, 6.45) is 7.62. The smallest absolute Gasteiger partial charge is 0.257 e. The highest BCUT2D eigenvalue weighted by atomic mass is 16.2. The minimum absolute atomic E-state index is 0.0441. The van der Waals surface area contributed by atoms with Crippen molar-refractivity contribution < 1.29 is 4.79 Å². The number of rotatable bonds is 4. The van der Waals surface area contributed by atoms with Gasteiger partial charge in [-0.15, -0.1) is 0 Å². The number of piperidine rings is 1. The number of benzene rings is 1. The number of carbonyl (C=O) groups is 1. The van der Waals surface area contributed by atoms with Crippen LogP contribution in [0.3, 0.4) is 0 Å². The number of anilines is 2. The molecule has 0 bridgehead atoms. The Hall–Kier alpha value is -2.43. The van der Waals surface area contributed by atoms with Crippen LogP contribution < -0.4 is 5.32 Å². The first-order valence-corrected chi connectivity index (χ1v) is 9.89. The number of amides is 1. The van der Waals surface area contributed by atoms with E-state index in [1.807, 2.05) is 17.0 Å². The molecule has 1 N–H and O–H groups in total. The first-order chi connectivity index (χ1) is 12.9. The van der Waals surface area contributed by atoms with Crippen molar-refractivity contribution in [2.45, 2.75) is 64.8 Å². The van der Waals surface area contributed by atoms with Crippen LogP contribution in [-0.2, 0) is 5.41 Å². The van der Waals surface area contributed by atoms with Crippen molar-refractivity contribution in [3.8, 4) is 0 Å². The van der Waals surface area contributed by atoms with Gasteiger partial charge in [-0.1, -0.05) is 39.8 Å². The molecule has 0 saturated carbocycles. The maximum atomic E-state index is 12.8. The van der Waals surface area contributed by atoms with Gasteiger partial charge in [0.15, 0.2) is 0 Å². The van der Waals surface area contributed by atoms with E-state index in [-0.39, 0.29) is 11.3 Å². The third-order valence-corrected chi connectivity index (χ3v) is 5.27. The van der Waals surface area contributed by atoms with Crippen molar-refractivity contribution in [1.29, 1.82) is 0 Å². The average molecular weight is 367 g/mol. The summed E-state index contributed by atoms with van der Waals surface area (Å²) in [7, 11) is 0. The van der Waals surface area contributed by atoms with Crippen LogP contribution in [0.25, 0.3) is 0 Å². The summed E-state index contributed by atoms with van der Waals surface area (Å²) in [5.74, 6) is 0.545. The Morgan fingerprint density at radius 3 is 2.41 bits per heavy atom. The molecule has 1 saturated heterocycles. The molecular weight excluding hydrogens is 336 g/mol. The van der Waals surface area contributed by atoms with Gasteiger partial charge in [0.05, 0.1) is 5.56 Å². The second-order valence-corrected chi connectivity index (χ2v) is 8.30. The summed E-state index contributed by atoms with van der Waals surface area (Å²) in [6, 6.07) is 8.62. The van der Waals surface area contributed by atoms with Crippen LogP contribution in [0, 0.1) is 0 Å². The fourth-order valence-corrected chi connectivity index (χ4v) is 3.54. The molecule has 0 spiro atoms. The molecule has 2 aromatic rings. The van der Waals surface area contributed by atoms with Crippen molar-refractivity contribution in [3.63, 3.8) is 0 Å². The third kappa shape index (κ3) is 4.65. The Kier molecular flexibility index (Phi) is 5.78. The maximum absolute atomic E-state index is 12.8. The molecule has 144 valence electrons. The van der Waals surface area contributed by atoms with Gasteiger partial charge in [-0.25, -0.2) is 9.97 Å². The van der Waals surface area contributed by atoms with E-state index in [1.54, 1.807) is 12.4 Å². The van der Waals surface area contributed by atoms with Crippen molar-refractivity contribution >= 4 is 17.5 Å². The molecule has 1 aromatic heterocycles. The van der Waals surface area contributed by atoms with Gasteiger partial charge in [0.25, 0.3) is 5.91 Å². The zero-order chi connectivity index (χ0) is 19.4. The summed E-state index contributed by atoms with van der Waals surface area (Å²) in [5.41, 5.74) is 2.90. The lowest BCUT2D eigenvalue weighted by Crippen LogP contribution is -2.43. The standard InChI is InChI=1S/C22H30N4O/c1-5-19-8-6-7-13-26(19)20(27)16-14-23-21(24-15-16)25-18-11-9-17(10-12-18)22(2,3)4/h9-12,14-15,19H,5-8,13H2,1-4H3,(H,23,24,25). The summed E-state index contributed by atoms with van der Waals surface area (Å²) in [6.45, 7) is 9.56. The lowest BCUT2D eigenvalue weighted by atomic mass is 9.87. The molecule has 0 aliphatic carbocycles. The van der Waals surface area contributed by atoms with Crippen LogP contribution in [0.5, 0.6) is 0 Å². The molecule has 1 unspecified atom stereocenters. The molecule has 27 heavy (non-hydrogen) atoms. The molecule has 1 amide bonds. The summed E-state index contributed by atoms with van der Waals surface area (Å²) in [5, 5.41) is 3.20. The molecular formula is C22H30N4O. The molecule has 5 heteroatoms. The van der Waals surface area contributed by atoms with E-state index in [9.17, 15) is 4.79 Å². The minimum Gasteiger partial charge on any atom is -0.336 e. The monoisotopic (exact) mass is 366 g/mol. The van der Waals surface area contributed by atoms with Gasteiger partial charge in [-0.05, 0) is 48.8 Å². The Morgan fingerprint density at radius 1 is 1.15 bits per heavy atom. The zero-order valence-electron chi connectivity index (χ0n) is 16.8. The fraction of sp³-hybridized carbons (Fsp3) is 0.500. The van der Waals surface area contributed by atoms with Gasteiger partial charge < -0.3 is 10.2 Å². The molecule has 1 aromatic carbocycles. The largest absolute Gasteiger partial charge is 0.336 e. The number of hydrogen-bond donors (Lipinski definition) is 1. The van der Waals surface area contributed by atoms with Gasteiger partial charge in [0.1, 0.15) is 0 Å². The lowest BCUT2D eigenvalue weighted by molar-refractivity contribution is 0.0607. The predicted octanol–water partition coefficient (Wildman–Crippen LogP) is 4.92. The maximum Gasteiger partial charge on any atom is 0.257 e. The minimum atomic E-state index is 0.0441. The third-order valence-electron chi connectivity index (χ3n) is 5.27. The van der Waals surface area contributed by atoms with Crippen LogP contribution in [-0.4, -0.2) is 33.4 Å². The quantitative estimate of drug-likeness (QED) is 0.834. The van der Waals surface area contributed by atoms with Gasteiger partial charge >= 0.3 is 0 Å². The fourth-order valence-electron chi connectivity index (χ4n) is 3.54.